The van der Waals surface area contributed by atoms with Crippen LogP contribution >= 0.6 is 0 Å². The van der Waals surface area contributed by atoms with Gasteiger partial charge < -0.3 is 20.9 Å². The van der Waals surface area contributed by atoms with E-state index in [1.54, 1.807) is 6.08 Å². The Balaban J connectivity index is 2.59. The average Bonchev–Trinajstić information content (AvgIpc) is 2.28. The first-order valence-electron chi connectivity index (χ1n) is 5.64. The summed E-state index contributed by atoms with van der Waals surface area (Å²) in [5, 5.41) is 3.09. The normalized spacial score (nSPS) is 21.1. The van der Waals surface area contributed by atoms with Gasteiger partial charge in [0.25, 0.3) is 0 Å². The van der Waals surface area contributed by atoms with E-state index in [4.69, 9.17) is 5.73 Å². The molecular formula is C11H20N4O2. The van der Waals surface area contributed by atoms with Crippen LogP contribution in [0.4, 0.5) is 4.79 Å². The Morgan fingerprint density at radius 2 is 2.24 bits per heavy atom. The van der Waals surface area contributed by atoms with Crippen molar-refractivity contribution in [2.24, 2.45) is 5.73 Å². The number of nitrogens with zero attached hydrogens (tertiary/aromatic N) is 2. The SMILES string of the molecule is CN(C)CC=CC(=O)C1CNCCN1C(N)=O. The minimum Gasteiger partial charge on any atom is -0.351 e. The summed E-state index contributed by atoms with van der Waals surface area (Å²) in [4.78, 5) is 26.5. The highest BCUT2D eigenvalue weighted by Crippen LogP contribution is 2.05. The van der Waals surface area contributed by atoms with Crippen molar-refractivity contribution in [2.45, 2.75) is 6.04 Å². The number of carbonyl (C=O) groups excluding carboxylic acids is 2. The fraction of sp³-hybridized carbons (Fsp3) is 0.636. The van der Waals surface area contributed by atoms with E-state index in [1.807, 2.05) is 19.0 Å². The lowest BCUT2D eigenvalue weighted by molar-refractivity contribution is -0.119. The summed E-state index contributed by atoms with van der Waals surface area (Å²) in [7, 11) is 3.85. The van der Waals surface area contributed by atoms with Crippen LogP contribution in [-0.4, -0.2) is 67.9 Å². The van der Waals surface area contributed by atoms with E-state index < -0.39 is 12.1 Å². The average molecular weight is 240 g/mol. The molecule has 6 nitrogen and oxygen atoms in total. The van der Waals surface area contributed by atoms with Gasteiger partial charge in [0.15, 0.2) is 5.78 Å². The highest BCUT2D eigenvalue weighted by molar-refractivity contribution is 5.96. The number of amides is 2. The smallest absolute Gasteiger partial charge is 0.315 e. The molecule has 0 spiro atoms. The molecule has 1 fully saturated rings. The van der Waals surface area contributed by atoms with Gasteiger partial charge in [0.1, 0.15) is 6.04 Å². The Hall–Kier alpha value is -1.40. The molecule has 17 heavy (non-hydrogen) atoms. The maximum absolute atomic E-state index is 11.9. The first-order valence-corrected chi connectivity index (χ1v) is 5.64. The summed E-state index contributed by atoms with van der Waals surface area (Å²) < 4.78 is 0. The summed E-state index contributed by atoms with van der Waals surface area (Å²) >= 11 is 0. The monoisotopic (exact) mass is 240 g/mol. The van der Waals surface area contributed by atoms with Crippen LogP contribution in [0.1, 0.15) is 0 Å². The molecule has 1 saturated heterocycles. The fourth-order valence-corrected chi connectivity index (χ4v) is 1.71. The number of hydrogen-bond acceptors (Lipinski definition) is 4. The summed E-state index contributed by atoms with van der Waals surface area (Å²) in [6.45, 7) is 2.32. The maximum Gasteiger partial charge on any atom is 0.315 e. The van der Waals surface area contributed by atoms with Crippen molar-refractivity contribution in [3.63, 3.8) is 0 Å². The predicted molar refractivity (Wildman–Crippen MR) is 65.6 cm³/mol. The molecule has 1 atom stereocenters. The van der Waals surface area contributed by atoms with Gasteiger partial charge in [-0.25, -0.2) is 4.79 Å². The molecule has 0 radical (unpaired) electrons. The Bertz CT molecular complexity index is 315. The number of urea groups is 1. The molecule has 0 aromatic heterocycles. The minimum atomic E-state index is -0.536. The number of primary amides is 1. The summed E-state index contributed by atoms with van der Waals surface area (Å²) in [5.74, 6) is -0.0853. The number of piperazine rings is 1. The third-order valence-electron chi connectivity index (χ3n) is 2.61. The van der Waals surface area contributed by atoms with Crippen LogP contribution in [0.5, 0.6) is 0 Å². The van der Waals surface area contributed by atoms with E-state index in [1.165, 1.54) is 11.0 Å². The zero-order valence-electron chi connectivity index (χ0n) is 10.3. The van der Waals surface area contributed by atoms with E-state index in [0.29, 0.717) is 26.2 Å². The second kappa shape index (κ2) is 6.36. The number of hydrogen-bond donors (Lipinski definition) is 2. The standard InChI is InChI=1S/C11H20N4O2/c1-14(2)6-3-4-10(16)9-8-13-5-7-15(9)11(12)17/h3-4,9,13H,5-8H2,1-2H3,(H2,12,17). The van der Waals surface area contributed by atoms with Crippen molar-refractivity contribution in [1.82, 2.24) is 15.1 Å². The lowest BCUT2D eigenvalue weighted by atomic mass is 10.1. The van der Waals surface area contributed by atoms with E-state index in [0.717, 1.165) is 0 Å². The highest BCUT2D eigenvalue weighted by Gasteiger charge is 2.29. The number of nitrogens with two attached hydrogens (primary N) is 1. The van der Waals surface area contributed by atoms with Gasteiger partial charge in [0, 0.05) is 26.2 Å². The predicted octanol–water partition coefficient (Wildman–Crippen LogP) is -0.974. The van der Waals surface area contributed by atoms with E-state index in [-0.39, 0.29) is 5.78 Å². The van der Waals surface area contributed by atoms with E-state index in [9.17, 15) is 9.59 Å². The van der Waals surface area contributed by atoms with Gasteiger partial charge >= 0.3 is 6.03 Å². The molecule has 1 unspecified atom stereocenters. The number of rotatable bonds is 4. The molecule has 1 heterocycles. The van der Waals surface area contributed by atoms with Gasteiger partial charge in [-0.2, -0.15) is 0 Å². The lowest BCUT2D eigenvalue weighted by Gasteiger charge is -2.33. The zero-order valence-corrected chi connectivity index (χ0v) is 10.3. The molecule has 0 bridgehead atoms. The van der Waals surface area contributed by atoms with Gasteiger partial charge in [0.2, 0.25) is 0 Å². The third kappa shape index (κ3) is 4.16. The molecule has 96 valence electrons. The Labute approximate surface area is 101 Å². The van der Waals surface area contributed by atoms with Crippen molar-refractivity contribution >= 4 is 11.8 Å². The van der Waals surface area contributed by atoms with Crippen molar-refractivity contribution in [3.05, 3.63) is 12.2 Å². The second-order valence-electron chi connectivity index (χ2n) is 4.32. The van der Waals surface area contributed by atoms with Crippen molar-refractivity contribution in [1.29, 1.82) is 0 Å². The van der Waals surface area contributed by atoms with Crippen LogP contribution in [0.2, 0.25) is 0 Å². The molecule has 6 heteroatoms. The van der Waals surface area contributed by atoms with Crippen LogP contribution in [0.25, 0.3) is 0 Å². The van der Waals surface area contributed by atoms with Gasteiger partial charge in [-0.15, -0.1) is 0 Å². The Morgan fingerprint density at radius 1 is 1.53 bits per heavy atom. The van der Waals surface area contributed by atoms with Crippen LogP contribution in [0.15, 0.2) is 12.2 Å². The number of ketones is 1. The van der Waals surface area contributed by atoms with Gasteiger partial charge in [-0.05, 0) is 20.2 Å². The molecular weight excluding hydrogens is 220 g/mol. The first-order chi connectivity index (χ1) is 8.02. The Kier molecular flexibility index (Phi) is 5.11. The second-order valence-corrected chi connectivity index (χ2v) is 4.32. The number of likely N-dealkylation sites (N-methyl/N-ethyl adjacent to an activating group) is 1. The van der Waals surface area contributed by atoms with Crippen molar-refractivity contribution in [2.75, 3.05) is 40.3 Å². The maximum atomic E-state index is 11.9. The first kappa shape index (κ1) is 13.7. The van der Waals surface area contributed by atoms with Crippen LogP contribution < -0.4 is 11.1 Å². The van der Waals surface area contributed by atoms with Crippen LogP contribution in [-0.2, 0) is 4.79 Å². The summed E-state index contributed by atoms with van der Waals surface area (Å²) in [6, 6.07) is -1.01. The third-order valence-corrected chi connectivity index (χ3v) is 2.61. The highest BCUT2D eigenvalue weighted by atomic mass is 16.2. The number of nitrogens with one attached hydrogen (secondary N) is 1. The molecule has 1 aliphatic rings. The van der Waals surface area contributed by atoms with Gasteiger partial charge in [0.05, 0.1) is 0 Å². The molecule has 0 aliphatic carbocycles. The quantitative estimate of drug-likeness (QED) is 0.619. The van der Waals surface area contributed by atoms with Crippen LogP contribution in [0.3, 0.4) is 0 Å². The van der Waals surface area contributed by atoms with Crippen LogP contribution in [0, 0.1) is 0 Å². The van der Waals surface area contributed by atoms with Crippen molar-refractivity contribution < 1.29 is 9.59 Å². The van der Waals surface area contributed by atoms with E-state index in [2.05, 4.69) is 5.32 Å². The Morgan fingerprint density at radius 3 is 2.82 bits per heavy atom. The minimum absolute atomic E-state index is 0.0853. The van der Waals surface area contributed by atoms with Crippen molar-refractivity contribution in [3.8, 4) is 0 Å². The largest absolute Gasteiger partial charge is 0.351 e. The molecule has 1 aliphatic heterocycles. The summed E-state index contributed by atoms with van der Waals surface area (Å²) in [5.41, 5.74) is 5.25. The zero-order chi connectivity index (χ0) is 12.8. The number of carbonyl (C=O) groups is 2. The topological polar surface area (TPSA) is 78.7 Å². The molecule has 3 N–H and O–H groups in total. The summed E-state index contributed by atoms with van der Waals surface area (Å²) in [6.07, 6.45) is 3.31. The lowest BCUT2D eigenvalue weighted by Crippen LogP contribution is -2.58. The molecule has 1 rings (SSSR count). The van der Waals surface area contributed by atoms with Gasteiger partial charge in [-0.1, -0.05) is 6.08 Å². The van der Waals surface area contributed by atoms with E-state index >= 15 is 0 Å². The fourth-order valence-electron chi connectivity index (χ4n) is 1.71. The molecule has 2 amide bonds. The van der Waals surface area contributed by atoms with Gasteiger partial charge in [-0.3, -0.25) is 4.79 Å². The molecule has 0 saturated carbocycles. The molecule has 0 aromatic rings. The molecule has 0 aromatic carbocycles.